The minimum Gasteiger partial charge on any atom is -0.459 e. The van der Waals surface area contributed by atoms with Gasteiger partial charge >= 0.3 is 6.09 Å². The summed E-state index contributed by atoms with van der Waals surface area (Å²) < 4.78 is 15.1. The number of rotatable bonds is 7. The van der Waals surface area contributed by atoms with Crippen molar-refractivity contribution in [3.63, 3.8) is 0 Å². The van der Waals surface area contributed by atoms with Gasteiger partial charge in [0.2, 0.25) is 11.8 Å². The van der Waals surface area contributed by atoms with Gasteiger partial charge in [0.1, 0.15) is 0 Å². The fourth-order valence-corrected chi connectivity index (χ4v) is 1.95. The lowest BCUT2D eigenvalue weighted by molar-refractivity contribution is -0.121. The van der Waals surface area contributed by atoms with Gasteiger partial charge in [0.25, 0.3) is 5.89 Å². The Kier molecular flexibility index (Phi) is 5.87. The average Bonchev–Trinajstić information content (AvgIpc) is 3.17. The van der Waals surface area contributed by atoms with E-state index < -0.39 is 12.0 Å². The van der Waals surface area contributed by atoms with E-state index in [0.717, 1.165) is 6.42 Å². The standard InChI is InChI=1S/C14H18N4O5/c1-3-6-18(8-11(19)15-14(20)21-2)9-12-16-17-13(23-12)10-5-4-7-22-10/h4-5,7H,3,6,8-9H2,1-2H3,(H,15,19,20). The summed E-state index contributed by atoms with van der Waals surface area (Å²) >= 11 is 0. The summed E-state index contributed by atoms with van der Waals surface area (Å²) in [5.41, 5.74) is 0. The molecular formula is C14H18N4O5. The lowest BCUT2D eigenvalue weighted by atomic mass is 10.3. The Balaban J connectivity index is 1.96. The number of carbonyl (C=O) groups excluding carboxylic acids is 2. The number of nitrogens with zero attached hydrogens (tertiary/aromatic N) is 3. The van der Waals surface area contributed by atoms with Gasteiger partial charge < -0.3 is 13.6 Å². The number of methoxy groups -OCH3 is 1. The van der Waals surface area contributed by atoms with E-state index in [9.17, 15) is 9.59 Å². The van der Waals surface area contributed by atoms with Crippen LogP contribution < -0.4 is 5.32 Å². The maximum absolute atomic E-state index is 11.7. The molecule has 0 aliphatic heterocycles. The number of nitrogens with one attached hydrogen (secondary N) is 1. The van der Waals surface area contributed by atoms with Gasteiger partial charge in [-0.15, -0.1) is 10.2 Å². The maximum atomic E-state index is 11.7. The van der Waals surface area contributed by atoms with Crippen molar-refractivity contribution in [2.75, 3.05) is 20.2 Å². The van der Waals surface area contributed by atoms with Crippen LogP contribution in [0.2, 0.25) is 0 Å². The van der Waals surface area contributed by atoms with Crippen molar-refractivity contribution in [3.05, 3.63) is 24.3 Å². The summed E-state index contributed by atoms with van der Waals surface area (Å²) in [6, 6.07) is 3.44. The van der Waals surface area contributed by atoms with E-state index in [1.165, 1.54) is 13.4 Å². The van der Waals surface area contributed by atoms with Crippen LogP contribution >= 0.6 is 0 Å². The fraction of sp³-hybridized carbons (Fsp3) is 0.429. The van der Waals surface area contributed by atoms with Gasteiger partial charge in [-0.25, -0.2) is 4.79 Å². The van der Waals surface area contributed by atoms with Crippen LogP contribution in [0.3, 0.4) is 0 Å². The predicted octanol–water partition coefficient (Wildman–Crippen LogP) is 1.42. The SMILES string of the molecule is CCCN(CC(=O)NC(=O)OC)Cc1nnc(-c2ccco2)o1. The topological polar surface area (TPSA) is 111 Å². The Morgan fingerprint density at radius 2 is 2.22 bits per heavy atom. The molecule has 0 aliphatic carbocycles. The van der Waals surface area contributed by atoms with E-state index in [1.54, 1.807) is 17.0 Å². The molecule has 0 atom stereocenters. The molecule has 2 aromatic heterocycles. The summed E-state index contributed by atoms with van der Waals surface area (Å²) in [6.45, 7) is 2.91. The maximum Gasteiger partial charge on any atom is 0.413 e. The summed E-state index contributed by atoms with van der Waals surface area (Å²) in [6.07, 6.45) is 1.55. The lowest BCUT2D eigenvalue weighted by Crippen LogP contribution is -2.40. The molecule has 0 aliphatic rings. The zero-order valence-corrected chi connectivity index (χ0v) is 12.9. The van der Waals surface area contributed by atoms with Gasteiger partial charge in [0, 0.05) is 0 Å². The second-order valence-electron chi connectivity index (χ2n) is 4.73. The molecule has 23 heavy (non-hydrogen) atoms. The largest absolute Gasteiger partial charge is 0.459 e. The van der Waals surface area contributed by atoms with Crippen molar-refractivity contribution in [2.24, 2.45) is 0 Å². The van der Waals surface area contributed by atoms with Crippen molar-refractivity contribution in [1.29, 1.82) is 0 Å². The third-order valence-corrected chi connectivity index (χ3v) is 2.89. The third kappa shape index (κ3) is 4.92. The summed E-state index contributed by atoms with van der Waals surface area (Å²) in [5, 5.41) is 9.95. The second-order valence-corrected chi connectivity index (χ2v) is 4.73. The van der Waals surface area contributed by atoms with Crippen LogP contribution in [-0.2, 0) is 16.1 Å². The molecule has 0 radical (unpaired) electrons. The summed E-state index contributed by atoms with van der Waals surface area (Å²) in [4.78, 5) is 24.6. The van der Waals surface area contributed by atoms with Gasteiger partial charge in [-0.1, -0.05) is 6.92 Å². The highest BCUT2D eigenvalue weighted by Crippen LogP contribution is 2.18. The number of hydrogen-bond acceptors (Lipinski definition) is 8. The number of alkyl carbamates (subject to hydrolysis) is 1. The smallest absolute Gasteiger partial charge is 0.413 e. The Labute approximate surface area is 132 Å². The summed E-state index contributed by atoms with van der Waals surface area (Å²) in [5.74, 6) is 0.654. The monoisotopic (exact) mass is 322 g/mol. The first-order valence-corrected chi connectivity index (χ1v) is 7.08. The average molecular weight is 322 g/mol. The van der Waals surface area contributed by atoms with Crippen LogP contribution in [0.15, 0.2) is 27.2 Å². The molecule has 0 bridgehead atoms. The first kappa shape index (κ1) is 16.7. The van der Waals surface area contributed by atoms with Crippen LogP contribution in [0, 0.1) is 0 Å². The number of imide groups is 1. The van der Waals surface area contributed by atoms with E-state index in [2.05, 4.69) is 20.3 Å². The van der Waals surface area contributed by atoms with E-state index in [0.29, 0.717) is 18.2 Å². The molecule has 2 heterocycles. The normalized spacial score (nSPS) is 10.7. The molecule has 9 heteroatoms. The first-order chi connectivity index (χ1) is 11.1. The second kappa shape index (κ2) is 8.08. The zero-order valence-electron chi connectivity index (χ0n) is 12.9. The first-order valence-electron chi connectivity index (χ1n) is 7.08. The van der Waals surface area contributed by atoms with Crippen LogP contribution in [-0.4, -0.2) is 47.3 Å². The van der Waals surface area contributed by atoms with Crippen molar-refractivity contribution >= 4 is 12.0 Å². The van der Waals surface area contributed by atoms with Crippen molar-refractivity contribution in [1.82, 2.24) is 20.4 Å². The number of amides is 2. The summed E-state index contributed by atoms with van der Waals surface area (Å²) in [7, 11) is 1.20. The fourth-order valence-electron chi connectivity index (χ4n) is 1.95. The van der Waals surface area contributed by atoms with E-state index >= 15 is 0 Å². The zero-order chi connectivity index (χ0) is 16.7. The molecule has 0 fully saturated rings. The molecule has 0 saturated heterocycles. The van der Waals surface area contributed by atoms with E-state index in [1.807, 2.05) is 6.92 Å². The van der Waals surface area contributed by atoms with Crippen LogP contribution in [0.5, 0.6) is 0 Å². The Morgan fingerprint density at radius 3 is 2.87 bits per heavy atom. The molecule has 9 nitrogen and oxygen atoms in total. The molecular weight excluding hydrogens is 304 g/mol. The Morgan fingerprint density at radius 1 is 1.39 bits per heavy atom. The minimum atomic E-state index is -0.788. The van der Waals surface area contributed by atoms with Crippen molar-refractivity contribution < 1.29 is 23.2 Å². The highest BCUT2D eigenvalue weighted by atomic mass is 16.5. The third-order valence-electron chi connectivity index (χ3n) is 2.89. The van der Waals surface area contributed by atoms with Crippen LogP contribution in [0.4, 0.5) is 4.79 Å². The number of furan rings is 1. The van der Waals surface area contributed by atoms with Gasteiger partial charge in [-0.05, 0) is 25.1 Å². The number of ether oxygens (including phenoxy) is 1. The predicted molar refractivity (Wildman–Crippen MR) is 78.1 cm³/mol. The lowest BCUT2D eigenvalue weighted by Gasteiger charge is -2.18. The van der Waals surface area contributed by atoms with Crippen molar-refractivity contribution in [2.45, 2.75) is 19.9 Å². The van der Waals surface area contributed by atoms with Crippen LogP contribution in [0.25, 0.3) is 11.7 Å². The Hall–Kier alpha value is -2.68. The van der Waals surface area contributed by atoms with E-state index in [4.69, 9.17) is 8.83 Å². The molecule has 0 saturated carbocycles. The molecule has 0 aromatic carbocycles. The number of hydrogen-bond donors (Lipinski definition) is 1. The molecule has 1 N–H and O–H groups in total. The van der Waals surface area contributed by atoms with Crippen LogP contribution in [0.1, 0.15) is 19.2 Å². The molecule has 0 spiro atoms. The quantitative estimate of drug-likeness (QED) is 0.815. The molecule has 2 aromatic rings. The van der Waals surface area contributed by atoms with Gasteiger partial charge in [-0.3, -0.25) is 15.0 Å². The highest BCUT2D eigenvalue weighted by molar-refractivity contribution is 5.92. The molecule has 2 amide bonds. The van der Waals surface area contributed by atoms with Gasteiger partial charge in [-0.2, -0.15) is 0 Å². The number of carbonyl (C=O) groups is 2. The molecule has 124 valence electrons. The van der Waals surface area contributed by atoms with Gasteiger partial charge in [0.15, 0.2) is 5.76 Å². The number of aromatic nitrogens is 2. The van der Waals surface area contributed by atoms with Crippen molar-refractivity contribution in [3.8, 4) is 11.7 Å². The van der Waals surface area contributed by atoms with Gasteiger partial charge in [0.05, 0.1) is 26.5 Å². The molecule has 0 unspecified atom stereocenters. The van der Waals surface area contributed by atoms with E-state index in [-0.39, 0.29) is 19.0 Å². The Bertz CT molecular complexity index is 637. The highest BCUT2D eigenvalue weighted by Gasteiger charge is 2.17. The minimum absolute atomic E-state index is 0.0153. The molecule has 2 rings (SSSR count).